The number of hydrogen-bond acceptors (Lipinski definition) is 3. The van der Waals surface area contributed by atoms with E-state index in [1.807, 2.05) is 18.2 Å². The Kier molecular flexibility index (Phi) is 4.36. The highest BCUT2D eigenvalue weighted by molar-refractivity contribution is 9.10. The molecule has 1 N–H and O–H groups in total. The summed E-state index contributed by atoms with van der Waals surface area (Å²) in [6.07, 6.45) is 1.84. The van der Waals surface area contributed by atoms with E-state index in [2.05, 4.69) is 15.9 Å². The Hall–Kier alpha value is -1.56. The molecule has 124 valence electrons. The number of carboxylic acid groups (broad SMARTS) is 1. The lowest BCUT2D eigenvalue weighted by molar-refractivity contribution is -0.150. The quantitative estimate of drug-likeness (QED) is 0.870. The molecule has 23 heavy (non-hydrogen) atoms. The van der Waals surface area contributed by atoms with Crippen molar-refractivity contribution in [3.8, 4) is 5.75 Å². The zero-order chi connectivity index (χ0) is 16.6. The second-order valence-electron chi connectivity index (χ2n) is 6.46. The average Bonchev–Trinajstić information content (AvgIpc) is 3.06. The lowest BCUT2D eigenvalue weighted by Gasteiger charge is -2.25. The van der Waals surface area contributed by atoms with Crippen LogP contribution in [0.5, 0.6) is 5.75 Å². The molecule has 0 aromatic heterocycles. The number of halogens is 1. The molecule has 1 unspecified atom stereocenters. The first-order valence-electron chi connectivity index (χ1n) is 7.87. The molecule has 2 aliphatic rings. The minimum absolute atomic E-state index is 0.0691. The summed E-state index contributed by atoms with van der Waals surface area (Å²) in [5, 5.41) is 9.61. The number of fused-ring (bicyclic) bond motifs is 1. The van der Waals surface area contributed by atoms with Crippen LogP contribution in [-0.2, 0) is 9.59 Å². The largest absolute Gasteiger partial charge is 0.481 e. The summed E-state index contributed by atoms with van der Waals surface area (Å²) in [7, 11) is 0. The minimum atomic E-state index is -0.769. The van der Waals surface area contributed by atoms with Crippen LogP contribution in [0.1, 0.15) is 26.2 Å². The molecule has 0 bridgehead atoms. The van der Waals surface area contributed by atoms with E-state index in [1.54, 1.807) is 17.9 Å². The van der Waals surface area contributed by atoms with Crippen molar-refractivity contribution in [1.82, 2.24) is 4.90 Å². The third-order valence-corrected chi connectivity index (χ3v) is 5.75. The van der Waals surface area contributed by atoms with Crippen LogP contribution in [0, 0.1) is 11.3 Å². The van der Waals surface area contributed by atoms with Crippen LogP contribution >= 0.6 is 15.9 Å². The maximum absolute atomic E-state index is 12.6. The third-order valence-electron chi connectivity index (χ3n) is 5.10. The van der Waals surface area contributed by atoms with Crippen LogP contribution in [0.25, 0.3) is 0 Å². The fourth-order valence-electron chi connectivity index (χ4n) is 3.85. The summed E-state index contributed by atoms with van der Waals surface area (Å²) < 4.78 is 6.54. The number of carbonyl (C=O) groups excluding carboxylic acids is 1. The number of rotatable bonds is 4. The number of amides is 1. The Morgan fingerprint density at radius 2 is 2.17 bits per heavy atom. The van der Waals surface area contributed by atoms with E-state index >= 15 is 0 Å². The van der Waals surface area contributed by atoms with Gasteiger partial charge in [0.05, 0.1) is 9.89 Å². The number of para-hydroxylation sites is 1. The Balaban J connectivity index is 1.69. The van der Waals surface area contributed by atoms with Crippen molar-refractivity contribution in [1.29, 1.82) is 0 Å². The fourth-order valence-corrected chi connectivity index (χ4v) is 4.22. The van der Waals surface area contributed by atoms with Crippen molar-refractivity contribution in [2.45, 2.75) is 32.3 Å². The van der Waals surface area contributed by atoms with Crippen LogP contribution < -0.4 is 4.74 Å². The molecule has 3 rings (SSSR count). The Morgan fingerprint density at radius 1 is 1.43 bits per heavy atom. The van der Waals surface area contributed by atoms with Crippen LogP contribution in [0.3, 0.4) is 0 Å². The number of ether oxygens (including phenoxy) is 1. The molecule has 2 fully saturated rings. The molecule has 1 aliphatic carbocycles. The first-order valence-corrected chi connectivity index (χ1v) is 8.67. The minimum Gasteiger partial charge on any atom is -0.481 e. The number of hydrogen-bond donors (Lipinski definition) is 1. The number of nitrogens with zero attached hydrogens (tertiary/aromatic N) is 1. The van der Waals surface area contributed by atoms with Crippen molar-refractivity contribution in [2.24, 2.45) is 11.3 Å². The molecular weight excluding hydrogens is 362 g/mol. The Bertz CT molecular complexity index is 635. The fraction of sp³-hybridized carbons (Fsp3) is 0.529. The molecule has 3 atom stereocenters. The predicted octanol–water partition coefficient (Wildman–Crippen LogP) is 2.93. The van der Waals surface area contributed by atoms with Crippen LogP contribution in [0.15, 0.2) is 28.7 Å². The van der Waals surface area contributed by atoms with Crippen molar-refractivity contribution in [3.05, 3.63) is 28.7 Å². The van der Waals surface area contributed by atoms with Gasteiger partial charge in [-0.05, 0) is 53.7 Å². The van der Waals surface area contributed by atoms with Gasteiger partial charge in [-0.15, -0.1) is 0 Å². The first kappa shape index (κ1) is 16.3. The number of carbonyl (C=O) groups is 2. The molecule has 1 saturated heterocycles. The Labute approximate surface area is 143 Å². The highest BCUT2D eigenvalue weighted by Crippen LogP contribution is 2.49. The smallest absolute Gasteiger partial charge is 0.311 e. The lowest BCUT2D eigenvalue weighted by Crippen LogP contribution is -2.42. The van der Waals surface area contributed by atoms with Gasteiger partial charge in [0.2, 0.25) is 0 Å². The molecule has 1 amide bonds. The van der Waals surface area contributed by atoms with Crippen molar-refractivity contribution >= 4 is 27.8 Å². The standard InChI is InChI=1S/C17H20BrNO4/c1-11(23-14-7-3-2-6-13(14)18)15(20)19-9-12-5-4-8-17(12,10-19)16(21)22/h2-3,6-7,11-12H,4-5,8-10H2,1H3,(H,21,22)/t11?,12-,17+/m0/s1. The summed E-state index contributed by atoms with van der Waals surface area (Å²) in [6.45, 7) is 2.54. The molecular formula is C17H20BrNO4. The van der Waals surface area contributed by atoms with E-state index < -0.39 is 17.5 Å². The number of likely N-dealkylation sites (tertiary alicyclic amines) is 1. The molecule has 1 aromatic carbocycles. The van der Waals surface area contributed by atoms with E-state index in [0.717, 1.165) is 17.3 Å². The van der Waals surface area contributed by atoms with Crippen LogP contribution in [0.4, 0.5) is 0 Å². The zero-order valence-electron chi connectivity index (χ0n) is 13.0. The van der Waals surface area contributed by atoms with Gasteiger partial charge in [-0.25, -0.2) is 0 Å². The van der Waals surface area contributed by atoms with Gasteiger partial charge in [0.15, 0.2) is 6.10 Å². The molecule has 1 aliphatic heterocycles. The summed E-state index contributed by atoms with van der Waals surface area (Å²) >= 11 is 3.40. The number of aliphatic carboxylic acids is 1. The van der Waals surface area contributed by atoms with Crippen molar-refractivity contribution < 1.29 is 19.4 Å². The first-order chi connectivity index (χ1) is 10.9. The zero-order valence-corrected chi connectivity index (χ0v) is 14.6. The van der Waals surface area contributed by atoms with Gasteiger partial charge in [0.1, 0.15) is 5.75 Å². The second kappa shape index (κ2) is 6.15. The van der Waals surface area contributed by atoms with Gasteiger partial charge in [-0.3, -0.25) is 9.59 Å². The van der Waals surface area contributed by atoms with Gasteiger partial charge in [-0.1, -0.05) is 18.6 Å². The summed E-state index contributed by atoms with van der Waals surface area (Å²) in [5.41, 5.74) is -0.747. The molecule has 1 aromatic rings. The van der Waals surface area contributed by atoms with Gasteiger partial charge < -0.3 is 14.7 Å². The normalized spacial score (nSPS) is 27.6. The van der Waals surface area contributed by atoms with Gasteiger partial charge in [0.25, 0.3) is 5.91 Å². The van der Waals surface area contributed by atoms with Crippen LogP contribution in [-0.4, -0.2) is 41.1 Å². The molecule has 0 radical (unpaired) electrons. The van der Waals surface area contributed by atoms with Gasteiger partial charge in [0, 0.05) is 13.1 Å². The maximum atomic E-state index is 12.6. The third kappa shape index (κ3) is 2.84. The van der Waals surface area contributed by atoms with Gasteiger partial charge in [-0.2, -0.15) is 0 Å². The molecule has 6 heteroatoms. The van der Waals surface area contributed by atoms with E-state index in [-0.39, 0.29) is 11.8 Å². The lowest BCUT2D eigenvalue weighted by atomic mass is 9.81. The molecule has 1 saturated carbocycles. The highest BCUT2D eigenvalue weighted by Gasteiger charge is 2.56. The number of carboxylic acids is 1. The van der Waals surface area contributed by atoms with Crippen molar-refractivity contribution in [3.63, 3.8) is 0 Å². The molecule has 1 heterocycles. The average molecular weight is 382 g/mol. The van der Waals surface area contributed by atoms with Gasteiger partial charge >= 0.3 is 5.97 Å². The summed E-state index contributed by atoms with van der Waals surface area (Å²) in [4.78, 5) is 26.0. The summed E-state index contributed by atoms with van der Waals surface area (Å²) in [6, 6.07) is 7.37. The number of benzene rings is 1. The monoisotopic (exact) mass is 381 g/mol. The predicted molar refractivity (Wildman–Crippen MR) is 88.2 cm³/mol. The molecule has 5 nitrogen and oxygen atoms in total. The molecule has 0 spiro atoms. The van der Waals surface area contributed by atoms with Crippen molar-refractivity contribution in [2.75, 3.05) is 13.1 Å². The second-order valence-corrected chi connectivity index (χ2v) is 7.31. The highest BCUT2D eigenvalue weighted by atomic mass is 79.9. The van der Waals surface area contributed by atoms with Crippen LogP contribution in [0.2, 0.25) is 0 Å². The van der Waals surface area contributed by atoms with E-state index in [1.165, 1.54) is 0 Å². The topological polar surface area (TPSA) is 66.8 Å². The summed E-state index contributed by atoms with van der Waals surface area (Å²) in [5.74, 6) is -0.231. The SMILES string of the molecule is CC(Oc1ccccc1Br)C(=O)N1C[C@@H]2CCC[C@@]2(C(=O)O)C1. The van der Waals surface area contributed by atoms with E-state index in [9.17, 15) is 14.7 Å². The Morgan fingerprint density at radius 3 is 2.83 bits per heavy atom. The van der Waals surface area contributed by atoms with E-state index in [0.29, 0.717) is 25.3 Å². The van der Waals surface area contributed by atoms with E-state index in [4.69, 9.17) is 4.74 Å². The maximum Gasteiger partial charge on any atom is 0.311 e.